The molecule has 16 heavy (non-hydrogen) atoms. The van der Waals surface area contributed by atoms with E-state index in [0.29, 0.717) is 19.8 Å². The van der Waals surface area contributed by atoms with Gasteiger partial charge in [0.15, 0.2) is 0 Å². The predicted octanol–water partition coefficient (Wildman–Crippen LogP) is 0.0365. The summed E-state index contributed by atoms with van der Waals surface area (Å²) in [5.74, 6) is 0.204. The van der Waals surface area contributed by atoms with Crippen molar-refractivity contribution in [3.63, 3.8) is 0 Å². The van der Waals surface area contributed by atoms with Crippen molar-refractivity contribution in [2.24, 2.45) is 0 Å². The molecule has 5 nitrogen and oxygen atoms in total. The van der Waals surface area contributed by atoms with Crippen LogP contribution in [0.1, 0.15) is 19.8 Å². The minimum atomic E-state index is -3.13. The Morgan fingerprint density at radius 1 is 1.50 bits per heavy atom. The molecule has 0 aromatic rings. The van der Waals surface area contributed by atoms with Crippen molar-refractivity contribution in [1.29, 1.82) is 0 Å². The Morgan fingerprint density at radius 3 is 2.81 bits per heavy atom. The lowest BCUT2D eigenvalue weighted by Crippen LogP contribution is -2.39. The highest BCUT2D eigenvalue weighted by Gasteiger charge is 2.25. The molecule has 1 atom stereocenters. The van der Waals surface area contributed by atoms with Crippen LogP contribution in [0.15, 0.2) is 0 Å². The van der Waals surface area contributed by atoms with Crippen LogP contribution in [-0.2, 0) is 14.8 Å². The van der Waals surface area contributed by atoms with Crippen molar-refractivity contribution in [3.8, 4) is 0 Å². The lowest BCUT2D eigenvalue weighted by molar-refractivity contribution is 0.138. The van der Waals surface area contributed by atoms with Crippen LogP contribution in [0.4, 0.5) is 0 Å². The Morgan fingerprint density at radius 2 is 2.25 bits per heavy atom. The Bertz CT molecular complexity index is 286. The Labute approximate surface area is 98.2 Å². The summed E-state index contributed by atoms with van der Waals surface area (Å²) >= 11 is 0. The Kier molecular flexibility index (Phi) is 5.68. The molecule has 0 aliphatic carbocycles. The van der Waals surface area contributed by atoms with Crippen molar-refractivity contribution >= 4 is 10.0 Å². The number of hydrogen-bond donors (Lipinski definition) is 1. The smallest absolute Gasteiger partial charge is 0.215 e. The van der Waals surface area contributed by atoms with E-state index in [1.54, 1.807) is 7.05 Å². The predicted molar refractivity (Wildman–Crippen MR) is 63.9 cm³/mol. The lowest BCUT2D eigenvalue weighted by Gasteiger charge is -2.19. The van der Waals surface area contributed by atoms with E-state index in [2.05, 4.69) is 5.32 Å². The zero-order valence-electron chi connectivity index (χ0n) is 10.1. The van der Waals surface area contributed by atoms with Gasteiger partial charge in [-0.05, 0) is 26.3 Å². The van der Waals surface area contributed by atoms with Crippen LogP contribution in [0.3, 0.4) is 0 Å². The van der Waals surface area contributed by atoms with E-state index in [0.717, 1.165) is 19.4 Å². The normalized spacial score (nSPS) is 21.8. The lowest BCUT2D eigenvalue weighted by atomic mass is 10.3. The number of ether oxygens (including phenoxy) is 1. The molecule has 96 valence electrons. The second-order valence-electron chi connectivity index (χ2n) is 4.09. The molecule has 1 N–H and O–H groups in total. The van der Waals surface area contributed by atoms with Gasteiger partial charge in [0.2, 0.25) is 10.0 Å². The third kappa shape index (κ3) is 4.37. The summed E-state index contributed by atoms with van der Waals surface area (Å²) in [5, 5.41) is 3.20. The first-order chi connectivity index (χ1) is 7.56. The molecule has 0 saturated carbocycles. The summed E-state index contributed by atoms with van der Waals surface area (Å²) in [6.45, 7) is 4.35. The third-order valence-corrected chi connectivity index (χ3v) is 4.76. The standard InChI is InChI=1S/C10H22N2O3S/c1-3-15-8-7-12(2)16(13,14)9-10-5-4-6-11-10/h10-11H,3-9H2,1-2H3. The van der Waals surface area contributed by atoms with Gasteiger partial charge in [0.1, 0.15) is 0 Å². The first kappa shape index (κ1) is 13.9. The van der Waals surface area contributed by atoms with E-state index in [9.17, 15) is 8.42 Å². The van der Waals surface area contributed by atoms with Gasteiger partial charge in [-0.1, -0.05) is 0 Å². The fourth-order valence-corrected chi connectivity index (χ4v) is 3.16. The minimum Gasteiger partial charge on any atom is -0.380 e. The van der Waals surface area contributed by atoms with Gasteiger partial charge in [0.25, 0.3) is 0 Å². The Balaban J connectivity index is 2.36. The van der Waals surface area contributed by atoms with Gasteiger partial charge in [0.05, 0.1) is 12.4 Å². The molecule has 1 saturated heterocycles. The zero-order chi connectivity index (χ0) is 12.0. The van der Waals surface area contributed by atoms with Crippen molar-refractivity contribution in [3.05, 3.63) is 0 Å². The molecule has 0 bridgehead atoms. The summed E-state index contributed by atoms with van der Waals surface area (Å²) in [4.78, 5) is 0. The summed E-state index contributed by atoms with van der Waals surface area (Å²) < 4.78 is 30.4. The fraction of sp³-hybridized carbons (Fsp3) is 1.00. The van der Waals surface area contributed by atoms with Gasteiger partial charge in [-0.2, -0.15) is 0 Å². The third-order valence-electron chi connectivity index (χ3n) is 2.80. The van der Waals surface area contributed by atoms with Crippen LogP contribution < -0.4 is 5.32 Å². The summed E-state index contributed by atoms with van der Waals surface area (Å²) in [6, 6.07) is 0.125. The van der Waals surface area contributed by atoms with Gasteiger partial charge in [0, 0.05) is 26.2 Å². The summed E-state index contributed by atoms with van der Waals surface area (Å²) in [5.41, 5.74) is 0. The van der Waals surface area contributed by atoms with E-state index in [-0.39, 0.29) is 11.8 Å². The second-order valence-corrected chi connectivity index (χ2v) is 6.21. The molecule has 1 aliphatic rings. The molecule has 1 rings (SSSR count). The minimum absolute atomic E-state index is 0.125. The molecule has 0 radical (unpaired) electrons. The van der Waals surface area contributed by atoms with Gasteiger partial charge in [-0.3, -0.25) is 0 Å². The van der Waals surface area contributed by atoms with Crippen molar-refractivity contribution in [2.75, 3.05) is 39.1 Å². The summed E-state index contributed by atoms with van der Waals surface area (Å²) in [6.07, 6.45) is 2.03. The van der Waals surface area contributed by atoms with Crippen LogP contribution in [0, 0.1) is 0 Å². The average Bonchev–Trinajstić information content (AvgIpc) is 2.70. The maximum Gasteiger partial charge on any atom is 0.215 e. The molecule has 1 fully saturated rings. The van der Waals surface area contributed by atoms with Crippen molar-refractivity contribution in [1.82, 2.24) is 9.62 Å². The van der Waals surface area contributed by atoms with Gasteiger partial charge in [-0.25, -0.2) is 12.7 Å². The number of hydrogen-bond acceptors (Lipinski definition) is 4. The highest BCUT2D eigenvalue weighted by Crippen LogP contribution is 2.09. The van der Waals surface area contributed by atoms with E-state index >= 15 is 0 Å². The highest BCUT2D eigenvalue weighted by atomic mass is 32.2. The number of rotatable bonds is 7. The summed E-state index contributed by atoms with van der Waals surface area (Å²) in [7, 11) is -1.52. The number of nitrogens with zero attached hydrogens (tertiary/aromatic N) is 1. The number of likely N-dealkylation sites (N-methyl/N-ethyl adjacent to an activating group) is 1. The Hall–Kier alpha value is -0.170. The molecule has 1 unspecified atom stereocenters. The molecule has 0 aromatic carbocycles. The quantitative estimate of drug-likeness (QED) is 0.648. The van der Waals surface area contributed by atoms with Gasteiger partial charge >= 0.3 is 0 Å². The molecule has 1 heterocycles. The highest BCUT2D eigenvalue weighted by molar-refractivity contribution is 7.89. The SMILES string of the molecule is CCOCCN(C)S(=O)(=O)CC1CCCN1. The topological polar surface area (TPSA) is 58.6 Å². The monoisotopic (exact) mass is 250 g/mol. The number of sulfonamides is 1. The van der Waals surface area contributed by atoms with Crippen LogP contribution in [0.5, 0.6) is 0 Å². The second kappa shape index (κ2) is 6.54. The first-order valence-corrected chi connectivity index (χ1v) is 7.42. The molecular formula is C10H22N2O3S. The molecule has 0 aromatic heterocycles. The largest absolute Gasteiger partial charge is 0.380 e. The van der Waals surface area contributed by atoms with Crippen LogP contribution in [0.2, 0.25) is 0 Å². The van der Waals surface area contributed by atoms with E-state index < -0.39 is 10.0 Å². The van der Waals surface area contributed by atoms with Crippen molar-refractivity contribution < 1.29 is 13.2 Å². The van der Waals surface area contributed by atoms with Crippen molar-refractivity contribution in [2.45, 2.75) is 25.8 Å². The van der Waals surface area contributed by atoms with E-state index in [4.69, 9.17) is 4.74 Å². The molecule has 1 aliphatic heterocycles. The number of nitrogens with one attached hydrogen (secondary N) is 1. The maximum atomic E-state index is 11.9. The fourth-order valence-electron chi connectivity index (χ4n) is 1.76. The molecule has 0 spiro atoms. The van der Waals surface area contributed by atoms with Crippen LogP contribution in [0.25, 0.3) is 0 Å². The molecule has 6 heteroatoms. The van der Waals surface area contributed by atoms with Crippen LogP contribution in [-0.4, -0.2) is 57.9 Å². The van der Waals surface area contributed by atoms with Gasteiger partial charge < -0.3 is 10.1 Å². The maximum absolute atomic E-state index is 11.9. The molecular weight excluding hydrogens is 228 g/mol. The average molecular weight is 250 g/mol. The van der Waals surface area contributed by atoms with Crippen LogP contribution >= 0.6 is 0 Å². The van der Waals surface area contributed by atoms with E-state index in [1.807, 2.05) is 6.92 Å². The van der Waals surface area contributed by atoms with Gasteiger partial charge in [-0.15, -0.1) is 0 Å². The van der Waals surface area contributed by atoms with E-state index in [1.165, 1.54) is 4.31 Å². The first-order valence-electron chi connectivity index (χ1n) is 5.81. The zero-order valence-corrected chi connectivity index (χ0v) is 10.9. The molecule has 0 amide bonds.